The topological polar surface area (TPSA) is 9.23 Å². The van der Waals surface area contributed by atoms with E-state index in [4.69, 9.17) is 4.74 Å². The molecular weight excluding hydrogens is 160 g/mol. The first kappa shape index (κ1) is 9.51. The van der Waals surface area contributed by atoms with Crippen molar-refractivity contribution in [3.63, 3.8) is 0 Å². The van der Waals surface area contributed by atoms with Gasteiger partial charge >= 0.3 is 0 Å². The van der Waals surface area contributed by atoms with Gasteiger partial charge in [-0.3, -0.25) is 0 Å². The fourth-order valence-electron chi connectivity index (χ4n) is 3.99. The van der Waals surface area contributed by atoms with E-state index in [2.05, 4.69) is 20.8 Å². The van der Waals surface area contributed by atoms with Crippen molar-refractivity contribution in [3.8, 4) is 0 Å². The van der Waals surface area contributed by atoms with Gasteiger partial charge in [-0.05, 0) is 42.4 Å². The first-order valence-electron chi connectivity index (χ1n) is 5.59. The summed E-state index contributed by atoms with van der Waals surface area (Å²) in [6.07, 6.45) is 4.73. The average Bonchev–Trinajstić information content (AvgIpc) is 2.19. The maximum Gasteiger partial charge on any atom is 0.0630 e. The number of hydrogen-bond acceptors (Lipinski definition) is 1. The summed E-state index contributed by atoms with van der Waals surface area (Å²) in [5, 5.41) is 0. The Balaban J connectivity index is 2.22. The minimum absolute atomic E-state index is 0.537. The smallest absolute Gasteiger partial charge is 0.0630 e. The molecule has 2 bridgehead atoms. The summed E-state index contributed by atoms with van der Waals surface area (Å²) in [5.41, 5.74) is 0.572. The van der Waals surface area contributed by atoms with Crippen LogP contribution in [-0.2, 0) is 4.74 Å². The average molecular weight is 182 g/mol. The Morgan fingerprint density at radius 1 is 1.23 bits per heavy atom. The highest BCUT2D eigenvalue weighted by Crippen LogP contribution is 2.56. The lowest BCUT2D eigenvalue weighted by Crippen LogP contribution is -2.26. The molecule has 2 fully saturated rings. The van der Waals surface area contributed by atoms with Crippen LogP contribution in [0.1, 0.15) is 40.0 Å². The van der Waals surface area contributed by atoms with Crippen LogP contribution in [0.5, 0.6) is 0 Å². The molecule has 0 aromatic carbocycles. The Morgan fingerprint density at radius 2 is 1.92 bits per heavy atom. The SMILES string of the molecule is COC1C2CC(C)CC(C)(C2)C1C. The molecule has 0 N–H and O–H groups in total. The van der Waals surface area contributed by atoms with Crippen molar-refractivity contribution in [1.82, 2.24) is 0 Å². The van der Waals surface area contributed by atoms with E-state index < -0.39 is 0 Å². The second-order valence-electron chi connectivity index (χ2n) is 5.65. The van der Waals surface area contributed by atoms with Crippen molar-refractivity contribution in [3.05, 3.63) is 0 Å². The number of rotatable bonds is 1. The summed E-state index contributed by atoms with van der Waals surface area (Å²) in [6, 6.07) is 0. The molecule has 0 radical (unpaired) electrons. The van der Waals surface area contributed by atoms with Crippen LogP contribution >= 0.6 is 0 Å². The second kappa shape index (κ2) is 2.98. The van der Waals surface area contributed by atoms with Gasteiger partial charge < -0.3 is 4.74 Å². The summed E-state index contributed by atoms with van der Waals surface area (Å²) in [7, 11) is 1.88. The van der Waals surface area contributed by atoms with Gasteiger partial charge in [0.25, 0.3) is 0 Å². The molecule has 0 spiro atoms. The number of hydrogen-bond donors (Lipinski definition) is 0. The highest BCUT2D eigenvalue weighted by Gasteiger charge is 2.52. The van der Waals surface area contributed by atoms with Crippen LogP contribution in [0.4, 0.5) is 0 Å². The molecule has 0 aliphatic heterocycles. The number of ether oxygens (including phenoxy) is 1. The third-order valence-corrected chi connectivity index (χ3v) is 4.58. The van der Waals surface area contributed by atoms with Gasteiger partial charge in [0.1, 0.15) is 0 Å². The Bertz CT molecular complexity index is 201. The van der Waals surface area contributed by atoms with Crippen LogP contribution in [0.3, 0.4) is 0 Å². The van der Waals surface area contributed by atoms with Crippen LogP contribution in [0, 0.1) is 23.2 Å². The molecule has 2 saturated carbocycles. The zero-order chi connectivity index (χ0) is 9.64. The van der Waals surface area contributed by atoms with Crippen LogP contribution in [0.25, 0.3) is 0 Å². The fraction of sp³-hybridized carbons (Fsp3) is 1.00. The minimum atomic E-state index is 0.537. The standard InChI is InChI=1S/C12H22O/c1-8-5-10-7-12(3,6-8)9(2)11(10)13-4/h8-11H,5-7H2,1-4H3. The van der Waals surface area contributed by atoms with Crippen molar-refractivity contribution >= 4 is 0 Å². The molecule has 0 aromatic rings. The highest BCUT2D eigenvalue weighted by atomic mass is 16.5. The second-order valence-corrected chi connectivity index (χ2v) is 5.65. The molecular formula is C12H22O. The van der Waals surface area contributed by atoms with Gasteiger partial charge in [0.05, 0.1) is 6.10 Å². The Hall–Kier alpha value is -0.0400. The third-order valence-electron chi connectivity index (χ3n) is 4.58. The molecule has 0 aromatic heterocycles. The van der Waals surface area contributed by atoms with Gasteiger partial charge in [0.2, 0.25) is 0 Å². The van der Waals surface area contributed by atoms with Crippen LogP contribution in [0.2, 0.25) is 0 Å². The Kier molecular flexibility index (Phi) is 2.18. The monoisotopic (exact) mass is 182 g/mol. The first-order chi connectivity index (χ1) is 6.07. The van der Waals surface area contributed by atoms with E-state index >= 15 is 0 Å². The van der Waals surface area contributed by atoms with E-state index in [1.54, 1.807) is 0 Å². The summed E-state index contributed by atoms with van der Waals surface area (Å²) in [4.78, 5) is 0. The number of fused-ring (bicyclic) bond motifs is 2. The molecule has 2 aliphatic rings. The molecule has 2 rings (SSSR count). The Labute approximate surface area is 81.9 Å². The van der Waals surface area contributed by atoms with Crippen molar-refractivity contribution in [2.45, 2.75) is 46.1 Å². The first-order valence-corrected chi connectivity index (χ1v) is 5.59. The van der Waals surface area contributed by atoms with E-state index in [0.717, 1.165) is 17.8 Å². The lowest BCUT2D eigenvalue weighted by Gasteiger charge is -2.35. The molecule has 76 valence electrons. The minimum Gasteiger partial charge on any atom is -0.381 e. The summed E-state index contributed by atoms with van der Waals surface area (Å²) < 4.78 is 5.65. The van der Waals surface area contributed by atoms with Gasteiger partial charge in [-0.25, -0.2) is 0 Å². The van der Waals surface area contributed by atoms with E-state index in [9.17, 15) is 0 Å². The fourth-order valence-corrected chi connectivity index (χ4v) is 3.99. The summed E-state index contributed by atoms with van der Waals surface area (Å²) in [5.74, 6) is 2.51. The predicted octanol–water partition coefficient (Wildman–Crippen LogP) is 3.09. The quantitative estimate of drug-likeness (QED) is 0.605. The van der Waals surface area contributed by atoms with E-state index in [0.29, 0.717) is 11.5 Å². The van der Waals surface area contributed by atoms with E-state index in [1.807, 2.05) is 7.11 Å². The maximum absolute atomic E-state index is 5.65. The molecule has 0 heterocycles. The lowest BCUT2D eigenvalue weighted by molar-refractivity contribution is 0.0338. The molecule has 5 unspecified atom stereocenters. The molecule has 1 heteroatoms. The normalized spacial score (nSPS) is 55.4. The molecule has 5 atom stereocenters. The third kappa shape index (κ3) is 1.32. The van der Waals surface area contributed by atoms with Crippen molar-refractivity contribution in [2.24, 2.45) is 23.2 Å². The van der Waals surface area contributed by atoms with Crippen molar-refractivity contribution in [2.75, 3.05) is 7.11 Å². The summed E-state index contributed by atoms with van der Waals surface area (Å²) >= 11 is 0. The largest absolute Gasteiger partial charge is 0.381 e. The van der Waals surface area contributed by atoms with Crippen LogP contribution < -0.4 is 0 Å². The van der Waals surface area contributed by atoms with Crippen LogP contribution in [-0.4, -0.2) is 13.2 Å². The van der Waals surface area contributed by atoms with E-state index in [1.165, 1.54) is 19.3 Å². The van der Waals surface area contributed by atoms with Crippen molar-refractivity contribution in [1.29, 1.82) is 0 Å². The van der Waals surface area contributed by atoms with Gasteiger partial charge in [-0.2, -0.15) is 0 Å². The van der Waals surface area contributed by atoms with E-state index in [-0.39, 0.29) is 0 Å². The molecule has 2 aliphatic carbocycles. The predicted molar refractivity (Wildman–Crippen MR) is 54.6 cm³/mol. The molecule has 0 amide bonds. The zero-order valence-corrected chi connectivity index (χ0v) is 9.34. The van der Waals surface area contributed by atoms with Gasteiger partial charge in [-0.15, -0.1) is 0 Å². The summed E-state index contributed by atoms with van der Waals surface area (Å²) in [6.45, 7) is 7.24. The number of methoxy groups -OCH3 is 1. The Morgan fingerprint density at radius 3 is 2.54 bits per heavy atom. The molecule has 1 nitrogen and oxygen atoms in total. The molecule has 0 saturated heterocycles. The van der Waals surface area contributed by atoms with Gasteiger partial charge in [-0.1, -0.05) is 20.8 Å². The molecule has 13 heavy (non-hydrogen) atoms. The van der Waals surface area contributed by atoms with Gasteiger partial charge in [0.15, 0.2) is 0 Å². The highest BCUT2D eigenvalue weighted by molar-refractivity contribution is 5.01. The zero-order valence-electron chi connectivity index (χ0n) is 9.34. The van der Waals surface area contributed by atoms with Crippen LogP contribution in [0.15, 0.2) is 0 Å². The van der Waals surface area contributed by atoms with Crippen molar-refractivity contribution < 1.29 is 4.74 Å². The maximum atomic E-state index is 5.65. The lowest BCUT2D eigenvalue weighted by atomic mass is 9.70. The van der Waals surface area contributed by atoms with Gasteiger partial charge in [0, 0.05) is 7.11 Å².